The smallest absolute Gasteiger partial charge is 0.216 e. The lowest BCUT2D eigenvalue weighted by Gasteiger charge is -2.14. The number of nitrogens with zero attached hydrogens (tertiary/aromatic N) is 2. The number of rotatable bonds is 3. The van der Waals surface area contributed by atoms with E-state index in [9.17, 15) is 1.37 Å². The van der Waals surface area contributed by atoms with E-state index in [1.54, 1.807) is 44.5 Å². The molecule has 0 saturated heterocycles. The van der Waals surface area contributed by atoms with Gasteiger partial charge >= 0.3 is 0 Å². The summed E-state index contributed by atoms with van der Waals surface area (Å²) in [6.07, 6.45) is -2.05. The largest absolute Gasteiger partial charge is 0.456 e. The fourth-order valence-corrected chi connectivity index (χ4v) is 4.07. The molecule has 4 rings (SSSR count). The van der Waals surface area contributed by atoms with Gasteiger partial charge in [-0.15, -0.1) is 0 Å². The van der Waals surface area contributed by atoms with Gasteiger partial charge in [0.25, 0.3) is 0 Å². The summed E-state index contributed by atoms with van der Waals surface area (Å²) in [5.41, 5.74) is 4.49. The van der Waals surface area contributed by atoms with E-state index in [0.29, 0.717) is 33.8 Å². The third-order valence-corrected chi connectivity index (χ3v) is 5.62. The maximum atomic E-state index is 9.22. The highest BCUT2D eigenvalue weighted by Crippen LogP contribution is 2.40. The third-order valence-electron chi connectivity index (χ3n) is 5.62. The van der Waals surface area contributed by atoms with Crippen molar-refractivity contribution < 1.29 is 17.2 Å². The Kier molecular flexibility index (Phi) is 3.40. The van der Waals surface area contributed by atoms with Crippen molar-refractivity contribution in [2.45, 2.75) is 47.8 Å². The summed E-state index contributed by atoms with van der Waals surface area (Å²) in [7, 11) is 1.71. The average molecular weight is 404 g/mol. The highest BCUT2D eigenvalue weighted by molar-refractivity contribution is 6.12. The number of fused-ring (bicyclic) bond motifs is 3. The molecule has 2 heterocycles. The molecular formula is C27H29N2O+. The van der Waals surface area contributed by atoms with E-state index < -0.39 is 19.1 Å². The number of benzene rings is 2. The van der Waals surface area contributed by atoms with E-state index >= 15 is 0 Å². The molecule has 3 heteroatoms. The minimum absolute atomic E-state index is 0.109. The molecule has 0 spiro atoms. The van der Waals surface area contributed by atoms with Crippen molar-refractivity contribution in [3.8, 4) is 11.3 Å². The summed E-state index contributed by atoms with van der Waals surface area (Å²) in [5.74, 6) is -0.556. The van der Waals surface area contributed by atoms with Crippen LogP contribution in [0.15, 0.2) is 34.7 Å². The first-order valence-corrected chi connectivity index (χ1v) is 10.0. The Bertz CT molecular complexity index is 1590. The van der Waals surface area contributed by atoms with Crippen LogP contribution >= 0.6 is 0 Å². The molecule has 0 aliphatic heterocycles. The van der Waals surface area contributed by atoms with E-state index in [4.69, 9.17) is 17.8 Å². The van der Waals surface area contributed by atoms with Gasteiger partial charge in [-0.1, -0.05) is 32.0 Å². The van der Waals surface area contributed by atoms with Gasteiger partial charge in [0.15, 0.2) is 11.4 Å². The topological polar surface area (TPSA) is 21.4 Å². The van der Waals surface area contributed by atoms with Crippen molar-refractivity contribution in [3.05, 3.63) is 69.7 Å². The van der Waals surface area contributed by atoms with Crippen LogP contribution in [0.25, 0.3) is 38.0 Å². The van der Waals surface area contributed by atoms with Crippen LogP contribution in [-0.2, 0) is 13.4 Å². The normalized spacial score (nSPS) is 15.4. The first-order valence-electron chi connectivity index (χ1n) is 13.0. The summed E-state index contributed by atoms with van der Waals surface area (Å²) in [6.45, 7) is 13.7. The maximum Gasteiger partial charge on any atom is 0.216 e. The summed E-state index contributed by atoms with van der Waals surface area (Å²) < 4.78 is 59.4. The molecule has 3 nitrogen and oxygen atoms in total. The highest BCUT2D eigenvalue weighted by Gasteiger charge is 2.25. The molecular weight excluding hydrogens is 368 g/mol. The van der Waals surface area contributed by atoms with Gasteiger partial charge in [0, 0.05) is 36.2 Å². The van der Waals surface area contributed by atoms with Crippen molar-refractivity contribution in [2.75, 3.05) is 0 Å². The first-order chi connectivity index (χ1) is 16.6. The molecule has 0 bridgehead atoms. The molecule has 0 fully saturated rings. The zero-order valence-electron chi connectivity index (χ0n) is 24.2. The third kappa shape index (κ3) is 3.08. The van der Waals surface area contributed by atoms with Crippen LogP contribution in [0.5, 0.6) is 0 Å². The van der Waals surface area contributed by atoms with E-state index in [0.717, 1.165) is 21.9 Å². The molecule has 0 aliphatic rings. The number of pyridine rings is 1. The molecule has 0 amide bonds. The van der Waals surface area contributed by atoms with Crippen LogP contribution in [0.2, 0.25) is 0 Å². The standard InChI is InChI=1S/C27H29N2O/c1-15(2)11-20-13-23(29(8)19(6)18(20)5)26-17(4)12-16(3)25-22-10-9-21(28-7)14-24(22)30-27(25)26/h9-10,12-15H,11H2,1-6,8H3/q+1/i5D3,11D2,13D. The van der Waals surface area contributed by atoms with Gasteiger partial charge < -0.3 is 4.42 Å². The van der Waals surface area contributed by atoms with Crippen LogP contribution in [-0.4, -0.2) is 0 Å². The molecule has 0 aliphatic carbocycles. The minimum Gasteiger partial charge on any atom is -0.456 e. The van der Waals surface area contributed by atoms with Crippen molar-refractivity contribution in [3.63, 3.8) is 0 Å². The molecule has 0 N–H and O–H groups in total. The molecule has 0 unspecified atom stereocenters. The number of hydrogen-bond acceptors (Lipinski definition) is 1. The zero-order chi connectivity index (χ0) is 26.9. The van der Waals surface area contributed by atoms with Crippen molar-refractivity contribution >= 4 is 27.6 Å². The van der Waals surface area contributed by atoms with Gasteiger partial charge in [-0.3, -0.25) is 0 Å². The van der Waals surface area contributed by atoms with Crippen LogP contribution in [0, 0.1) is 40.1 Å². The average Bonchev–Trinajstić information content (AvgIpc) is 3.15. The second kappa shape index (κ2) is 7.29. The van der Waals surface area contributed by atoms with Gasteiger partial charge in [0.1, 0.15) is 18.2 Å². The summed E-state index contributed by atoms with van der Waals surface area (Å²) in [6, 6.07) is 7.12. The second-order valence-corrected chi connectivity index (χ2v) is 8.15. The Morgan fingerprint density at radius 3 is 2.67 bits per heavy atom. The van der Waals surface area contributed by atoms with Crippen LogP contribution < -0.4 is 4.57 Å². The van der Waals surface area contributed by atoms with Crippen molar-refractivity contribution in [1.82, 2.24) is 0 Å². The SMILES string of the molecule is [2H]c1c(C([2H])([2H])C(C)C)c(C([2H])([2H])[2H])c(C)[n+](C)c1-c1c(C)cc(C)c2c1oc1cc([N+]#[C-])ccc12. The van der Waals surface area contributed by atoms with Crippen molar-refractivity contribution in [1.29, 1.82) is 0 Å². The number of aromatic nitrogens is 1. The summed E-state index contributed by atoms with van der Waals surface area (Å²) in [5, 5.41) is 1.70. The maximum absolute atomic E-state index is 9.22. The summed E-state index contributed by atoms with van der Waals surface area (Å²) >= 11 is 0. The monoisotopic (exact) mass is 403 g/mol. The molecule has 2 aromatic carbocycles. The lowest BCUT2D eigenvalue weighted by Crippen LogP contribution is -2.36. The number of furan rings is 1. The molecule has 30 heavy (non-hydrogen) atoms. The molecule has 0 saturated carbocycles. The van der Waals surface area contributed by atoms with Crippen LogP contribution in [0.1, 0.15) is 50.0 Å². The zero-order valence-corrected chi connectivity index (χ0v) is 18.2. The van der Waals surface area contributed by atoms with Gasteiger partial charge in [-0.2, -0.15) is 4.57 Å². The highest BCUT2D eigenvalue weighted by atomic mass is 16.3. The molecule has 0 atom stereocenters. The molecule has 2 aromatic heterocycles. The van der Waals surface area contributed by atoms with Crippen LogP contribution in [0.3, 0.4) is 0 Å². The van der Waals surface area contributed by atoms with Gasteiger partial charge in [0.2, 0.25) is 5.69 Å². The first kappa shape index (κ1) is 14.0. The predicted octanol–water partition coefficient (Wildman–Crippen LogP) is 7.06. The molecule has 0 radical (unpaired) electrons. The van der Waals surface area contributed by atoms with E-state index in [2.05, 4.69) is 4.85 Å². The Labute approximate surface area is 187 Å². The Balaban J connectivity index is 2.25. The van der Waals surface area contributed by atoms with E-state index in [-0.39, 0.29) is 17.2 Å². The summed E-state index contributed by atoms with van der Waals surface area (Å²) in [4.78, 5) is 3.50. The Hall–Kier alpha value is -3.12. The number of hydrogen-bond donors (Lipinski definition) is 0. The minimum atomic E-state index is -2.60. The fourth-order valence-electron chi connectivity index (χ4n) is 4.07. The van der Waals surface area contributed by atoms with Gasteiger partial charge in [-0.05, 0) is 55.7 Å². The lowest BCUT2D eigenvalue weighted by atomic mass is 9.92. The van der Waals surface area contributed by atoms with Crippen LogP contribution in [0.4, 0.5) is 5.69 Å². The number of aryl methyl sites for hydroxylation is 2. The van der Waals surface area contributed by atoms with E-state index in [1.165, 1.54) is 0 Å². The van der Waals surface area contributed by atoms with Gasteiger partial charge in [-0.25, -0.2) is 4.85 Å². The van der Waals surface area contributed by atoms with Gasteiger partial charge in [0.05, 0.1) is 13.5 Å². The van der Waals surface area contributed by atoms with E-state index in [1.807, 2.05) is 26.0 Å². The Morgan fingerprint density at radius 1 is 1.23 bits per heavy atom. The lowest BCUT2D eigenvalue weighted by molar-refractivity contribution is -0.667. The predicted molar refractivity (Wildman–Crippen MR) is 124 cm³/mol. The molecule has 152 valence electrons. The molecule has 4 aromatic rings. The Morgan fingerprint density at radius 2 is 2.00 bits per heavy atom. The second-order valence-electron chi connectivity index (χ2n) is 8.15. The quantitative estimate of drug-likeness (QED) is 0.265. The van der Waals surface area contributed by atoms with Crippen molar-refractivity contribution in [2.24, 2.45) is 13.0 Å². The fraction of sp³-hybridized carbons (Fsp3) is 0.333.